The molecule has 2 N–H and O–H groups in total. The molecule has 0 bridgehead atoms. The molecule has 1 atom stereocenters. The smallest absolute Gasteiger partial charge is 0.312 e. The van der Waals surface area contributed by atoms with E-state index in [1.165, 1.54) is 30.2 Å². The van der Waals surface area contributed by atoms with Gasteiger partial charge in [-0.3, -0.25) is 9.59 Å². The zero-order valence-corrected chi connectivity index (χ0v) is 16.8. The minimum atomic E-state index is -0.662. The summed E-state index contributed by atoms with van der Waals surface area (Å²) in [4.78, 5) is 26.2. The molecule has 8 heteroatoms. The van der Waals surface area contributed by atoms with Crippen molar-refractivity contribution in [3.05, 3.63) is 59.4 Å². The normalized spacial score (nSPS) is 16.6. The second-order valence-electron chi connectivity index (χ2n) is 6.97. The number of nitrogens with zero attached hydrogens (tertiary/aromatic N) is 1. The van der Waals surface area contributed by atoms with Crippen LogP contribution in [0, 0.1) is 11.7 Å². The van der Waals surface area contributed by atoms with Crippen LogP contribution in [0.15, 0.2) is 42.5 Å². The van der Waals surface area contributed by atoms with Crippen molar-refractivity contribution in [2.24, 2.45) is 11.7 Å². The van der Waals surface area contributed by atoms with E-state index in [0.29, 0.717) is 18.0 Å². The third-order valence-electron chi connectivity index (χ3n) is 4.85. The summed E-state index contributed by atoms with van der Waals surface area (Å²) >= 11 is 0. The van der Waals surface area contributed by atoms with Gasteiger partial charge in [0.2, 0.25) is 0 Å². The molecule has 1 fully saturated rings. The molecule has 1 saturated heterocycles. The van der Waals surface area contributed by atoms with Crippen molar-refractivity contribution in [3.8, 4) is 11.5 Å². The van der Waals surface area contributed by atoms with E-state index < -0.39 is 23.6 Å². The summed E-state index contributed by atoms with van der Waals surface area (Å²) in [6.07, 6.45) is 0.765. The highest BCUT2D eigenvalue weighted by Gasteiger charge is 2.29. The summed E-state index contributed by atoms with van der Waals surface area (Å²) < 4.78 is 30.4. The van der Waals surface area contributed by atoms with Crippen molar-refractivity contribution in [1.29, 1.82) is 0 Å². The number of ether oxygens (including phenoxy) is 3. The summed E-state index contributed by atoms with van der Waals surface area (Å²) in [6, 6.07) is 11.4. The fraction of sp³-hybridized carbons (Fsp3) is 0.364. The standard InChI is InChI=1S/C22H25FN2O5/c1-28-22(27)16-13-25(10-11-29-14-16)21(26)19-12-18(6-7-20(19)23)30-17-4-2-15(3-5-17)8-9-24/h2-7,12,16H,8-11,13-14,24H2,1H3. The monoisotopic (exact) mass is 416 g/mol. The zero-order valence-electron chi connectivity index (χ0n) is 16.8. The Kier molecular flexibility index (Phi) is 7.37. The minimum Gasteiger partial charge on any atom is -0.469 e. The maximum atomic E-state index is 14.4. The lowest BCUT2D eigenvalue weighted by Gasteiger charge is -2.23. The predicted molar refractivity (Wildman–Crippen MR) is 108 cm³/mol. The summed E-state index contributed by atoms with van der Waals surface area (Å²) in [5.41, 5.74) is 6.51. The lowest BCUT2D eigenvalue weighted by Crippen LogP contribution is -2.38. The number of methoxy groups -OCH3 is 1. The molecule has 0 radical (unpaired) electrons. The van der Waals surface area contributed by atoms with Gasteiger partial charge in [-0.1, -0.05) is 12.1 Å². The first kappa shape index (κ1) is 21.7. The second kappa shape index (κ2) is 10.2. The summed E-state index contributed by atoms with van der Waals surface area (Å²) in [6.45, 7) is 1.31. The van der Waals surface area contributed by atoms with Crippen LogP contribution in [0.2, 0.25) is 0 Å². The first-order valence-corrected chi connectivity index (χ1v) is 9.73. The van der Waals surface area contributed by atoms with Crippen molar-refractivity contribution in [3.63, 3.8) is 0 Å². The predicted octanol–water partition coefficient (Wildman–Crippen LogP) is 2.38. The van der Waals surface area contributed by atoms with Gasteiger partial charge >= 0.3 is 5.97 Å². The zero-order chi connectivity index (χ0) is 21.5. The molecule has 160 valence electrons. The van der Waals surface area contributed by atoms with E-state index >= 15 is 0 Å². The van der Waals surface area contributed by atoms with Gasteiger partial charge in [-0.2, -0.15) is 0 Å². The van der Waals surface area contributed by atoms with Gasteiger partial charge < -0.3 is 24.8 Å². The van der Waals surface area contributed by atoms with Crippen LogP contribution < -0.4 is 10.5 Å². The largest absolute Gasteiger partial charge is 0.469 e. The molecular weight excluding hydrogens is 391 g/mol. The Morgan fingerprint density at radius 3 is 2.63 bits per heavy atom. The molecule has 30 heavy (non-hydrogen) atoms. The number of carbonyl (C=O) groups is 2. The fourth-order valence-electron chi connectivity index (χ4n) is 3.23. The second-order valence-corrected chi connectivity index (χ2v) is 6.97. The van der Waals surface area contributed by atoms with E-state index in [2.05, 4.69) is 0 Å². The van der Waals surface area contributed by atoms with Crippen LogP contribution in [-0.2, 0) is 20.7 Å². The van der Waals surface area contributed by atoms with E-state index in [-0.39, 0.29) is 31.9 Å². The van der Waals surface area contributed by atoms with Crippen LogP contribution in [0.3, 0.4) is 0 Å². The third kappa shape index (κ3) is 5.34. The number of esters is 1. The molecule has 7 nitrogen and oxygen atoms in total. The Bertz CT molecular complexity index is 888. The number of hydrogen-bond acceptors (Lipinski definition) is 6. The number of nitrogens with two attached hydrogens (primary N) is 1. The summed E-state index contributed by atoms with van der Waals surface area (Å²) in [5.74, 6) is -1.38. The highest BCUT2D eigenvalue weighted by Crippen LogP contribution is 2.25. The minimum absolute atomic E-state index is 0.0959. The number of carbonyl (C=O) groups excluding carboxylic acids is 2. The maximum Gasteiger partial charge on any atom is 0.312 e. The topological polar surface area (TPSA) is 91.1 Å². The van der Waals surface area contributed by atoms with Crippen molar-refractivity contribution in [2.75, 3.05) is 40.0 Å². The number of hydrogen-bond donors (Lipinski definition) is 1. The molecule has 1 amide bonds. The van der Waals surface area contributed by atoms with Gasteiger partial charge in [-0.25, -0.2) is 4.39 Å². The van der Waals surface area contributed by atoms with Gasteiger partial charge in [-0.05, 0) is 48.9 Å². The van der Waals surface area contributed by atoms with Crippen LogP contribution in [0.1, 0.15) is 15.9 Å². The molecule has 1 unspecified atom stereocenters. The molecule has 0 saturated carbocycles. The van der Waals surface area contributed by atoms with Crippen LogP contribution >= 0.6 is 0 Å². The van der Waals surface area contributed by atoms with E-state index in [1.54, 1.807) is 12.1 Å². The van der Waals surface area contributed by atoms with Gasteiger partial charge in [0.05, 0.1) is 31.8 Å². The Morgan fingerprint density at radius 1 is 1.20 bits per heavy atom. The number of halogens is 1. The van der Waals surface area contributed by atoms with E-state index in [9.17, 15) is 14.0 Å². The average molecular weight is 416 g/mol. The molecule has 3 rings (SSSR count). The van der Waals surface area contributed by atoms with Gasteiger partial charge in [-0.15, -0.1) is 0 Å². The van der Waals surface area contributed by atoms with E-state index in [0.717, 1.165) is 12.0 Å². The van der Waals surface area contributed by atoms with E-state index in [4.69, 9.17) is 19.9 Å². The molecule has 0 spiro atoms. The molecule has 2 aromatic rings. The molecule has 0 aliphatic carbocycles. The highest BCUT2D eigenvalue weighted by atomic mass is 19.1. The lowest BCUT2D eigenvalue weighted by atomic mass is 10.1. The van der Waals surface area contributed by atoms with Crippen LogP contribution in [0.4, 0.5) is 4.39 Å². The Hall–Kier alpha value is -2.97. The highest BCUT2D eigenvalue weighted by molar-refractivity contribution is 5.95. The van der Waals surface area contributed by atoms with Crippen LogP contribution in [0.5, 0.6) is 11.5 Å². The number of amides is 1. The molecular formula is C22H25FN2O5. The Labute approximate surface area is 174 Å². The SMILES string of the molecule is COC(=O)C1COCCN(C(=O)c2cc(Oc3ccc(CCN)cc3)ccc2F)C1. The first-order valence-electron chi connectivity index (χ1n) is 9.73. The van der Waals surface area contributed by atoms with Crippen molar-refractivity contribution >= 4 is 11.9 Å². The summed E-state index contributed by atoms with van der Waals surface area (Å²) in [5, 5.41) is 0. The van der Waals surface area contributed by atoms with Crippen molar-refractivity contribution in [1.82, 2.24) is 4.90 Å². The molecule has 2 aromatic carbocycles. The Balaban J connectivity index is 1.76. The van der Waals surface area contributed by atoms with E-state index in [1.807, 2.05) is 12.1 Å². The van der Waals surface area contributed by atoms with Crippen molar-refractivity contribution < 1.29 is 28.2 Å². The number of rotatable bonds is 6. The summed E-state index contributed by atoms with van der Waals surface area (Å²) in [7, 11) is 1.28. The van der Waals surface area contributed by atoms with Crippen LogP contribution in [0.25, 0.3) is 0 Å². The Morgan fingerprint density at radius 2 is 1.93 bits per heavy atom. The maximum absolute atomic E-state index is 14.4. The van der Waals surface area contributed by atoms with Crippen LogP contribution in [-0.4, -0.2) is 56.7 Å². The van der Waals surface area contributed by atoms with Gasteiger partial charge in [0.15, 0.2) is 0 Å². The van der Waals surface area contributed by atoms with Gasteiger partial charge in [0.1, 0.15) is 17.3 Å². The van der Waals surface area contributed by atoms with Crippen molar-refractivity contribution in [2.45, 2.75) is 6.42 Å². The average Bonchev–Trinajstić information content (AvgIpc) is 3.02. The third-order valence-corrected chi connectivity index (χ3v) is 4.85. The quantitative estimate of drug-likeness (QED) is 0.727. The molecule has 1 aliphatic rings. The first-order chi connectivity index (χ1) is 14.5. The van der Waals surface area contributed by atoms with Gasteiger partial charge in [0.25, 0.3) is 5.91 Å². The van der Waals surface area contributed by atoms with Gasteiger partial charge in [0, 0.05) is 13.1 Å². The number of benzene rings is 2. The molecule has 0 aromatic heterocycles. The fourth-order valence-corrected chi connectivity index (χ4v) is 3.23. The lowest BCUT2D eigenvalue weighted by molar-refractivity contribution is -0.147. The molecule has 1 heterocycles. The molecule has 1 aliphatic heterocycles.